The van der Waals surface area contributed by atoms with E-state index in [2.05, 4.69) is 44.8 Å². The number of nitrogens with one attached hydrogen (secondary N) is 1. The van der Waals surface area contributed by atoms with Gasteiger partial charge in [0.1, 0.15) is 0 Å². The van der Waals surface area contributed by atoms with E-state index in [-0.39, 0.29) is 0 Å². The van der Waals surface area contributed by atoms with Gasteiger partial charge in [-0.25, -0.2) is 4.98 Å². The molecule has 1 heterocycles. The Morgan fingerprint density at radius 1 is 1.35 bits per heavy atom. The van der Waals surface area contributed by atoms with Gasteiger partial charge in [-0.15, -0.1) is 11.3 Å². The first kappa shape index (κ1) is 15.8. The molecule has 4 heteroatoms. The molecule has 1 unspecified atom stereocenters. The van der Waals surface area contributed by atoms with Crippen LogP contribution in [0.25, 0.3) is 0 Å². The fraction of sp³-hybridized carbons (Fsp3) is 0.812. The van der Waals surface area contributed by atoms with Gasteiger partial charge in [-0.05, 0) is 45.6 Å². The topological polar surface area (TPSA) is 28.2 Å². The van der Waals surface area contributed by atoms with Gasteiger partial charge in [0.05, 0.1) is 5.69 Å². The molecule has 0 aromatic carbocycles. The average Bonchev–Trinajstić information content (AvgIpc) is 3.13. The molecule has 1 aromatic rings. The lowest BCUT2D eigenvalue weighted by atomic mass is 10.1. The minimum Gasteiger partial charge on any atom is -0.345 e. The van der Waals surface area contributed by atoms with Crippen molar-refractivity contribution < 1.29 is 0 Å². The Bertz CT molecular complexity index is 423. The first-order valence-corrected chi connectivity index (χ1v) is 8.81. The highest BCUT2D eigenvalue weighted by molar-refractivity contribution is 7.15. The van der Waals surface area contributed by atoms with Crippen molar-refractivity contribution >= 4 is 16.5 Å². The zero-order valence-electron chi connectivity index (χ0n) is 13.6. The fourth-order valence-electron chi connectivity index (χ4n) is 2.53. The van der Waals surface area contributed by atoms with Gasteiger partial charge < -0.3 is 10.2 Å². The van der Waals surface area contributed by atoms with E-state index in [9.17, 15) is 0 Å². The predicted molar refractivity (Wildman–Crippen MR) is 88.8 cm³/mol. The number of nitrogens with zero attached hydrogens (tertiary/aromatic N) is 2. The van der Waals surface area contributed by atoms with E-state index in [0.29, 0.717) is 6.04 Å². The summed E-state index contributed by atoms with van der Waals surface area (Å²) in [7, 11) is 0. The van der Waals surface area contributed by atoms with Gasteiger partial charge in [-0.1, -0.05) is 20.8 Å². The Balaban J connectivity index is 2.11. The first-order chi connectivity index (χ1) is 9.52. The van der Waals surface area contributed by atoms with Crippen LogP contribution in [-0.4, -0.2) is 24.1 Å². The number of aromatic nitrogens is 1. The van der Waals surface area contributed by atoms with Crippen molar-refractivity contribution in [1.29, 1.82) is 0 Å². The van der Waals surface area contributed by atoms with Gasteiger partial charge in [-0.2, -0.15) is 0 Å². The van der Waals surface area contributed by atoms with Crippen LogP contribution < -0.4 is 10.2 Å². The lowest BCUT2D eigenvalue weighted by Gasteiger charge is -2.22. The summed E-state index contributed by atoms with van der Waals surface area (Å²) in [5.41, 5.74) is 1.20. The standard InChI is InChI=1S/C16H29N3S/c1-6-17-12(4)15-13(5)18-16(20-15)19(14-7-8-14)10-9-11(2)3/h11-12,14,17H,6-10H2,1-5H3. The minimum atomic E-state index is 0.414. The summed E-state index contributed by atoms with van der Waals surface area (Å²) in [5, 5.41) is 4.74. The van der Waals surface area contributed by atoms with E-state index < -0.39 is 0 Å². The first-order valence-electron chi connectivity index (χ1n) is 8.00. The minimum absolute atomic E-state index is 0.414. The summed E-state index contributed by atoms with van der Waals surface area (Å²) >= 11 is 1.89. The summed E-state index contributed by atoms with van der Waals surface area (Å²) < 4.78 is 0. The Morgan fingerprint density at radius 3 is 2.60 bits per heavy atom. The van der Waals surface area contributed by atoms with Crippen LogP contribution in [0, 0.1) is 12.8 Å². The molecule has 0 aliphatic heterocycles. The molecule has 0 amide bonds. The summed E-state index contributed by atoms with van der Waals surface area (Å²) in [6.45, 7) is 13.3. The molecule has 1 aliphatic carbocycles. The van der Waals surface area contributed by atoms with E-state index in [4.69, 9.17) is 4.98 Å². The third kappa shape index (κ3) is 3.95. The molecular weight excluding hydrogens is 266 g/mol. The van der Waals surface area contributed by atoms with Crippen molar-refractivity contribution in [2.45, 2.75) is 66.0 Å². The van der Waals surface area contributed by atoms with Crippen LogP contribution in [0.4, 0.5) is 5.13 Å². The smallest absolute Gasteiger partial charge is 0.186 e. The monoisotopic (exact) mass is 295 g/mol. The Morgan fingerprint density at radius 2 is 2.05 bits per heavy atom. The summed E-state index contributed by atoms with van der Waals surface area (Å²) in [5.74, 6) is 0.762. The Hall–Kier alpha value is -0.610. The van der Waals surface area contributed by atoms with Crippen LogP contribution >= 0.6 is 11.3 Å². The van der Waals surface area contributed by atoms with Gasteiger partial charge in [0, 0.05) is 23.5 Å². The normalized spacial score (nSPS) is 16.7. The Labute approximate surface area is 127 Å². The van der Waals surface area contributed by atoms with Gasteiger partial charge >= 0.3 is 0 Å². The molecular formula is C16H29N3S. The molecule has 0 bridgehead atoms. The van der Waals surface area contributed by atoms with Crippen molar-refractivity contribution in [2.24, 2.45) is 5.92 Å². The van der Waals surface area contributed by atoms with Gasteiger partial charge in [0.25, 0.3) is 0 Å². The molecule has 2 rings (SSSR count). The summed E-state index contributed by atoms with van der Waals surface area (Å²) in [6, 6.07) is 1.17. The average molecular weight is 295 g/mol. The molecule has 1 aliphatic rings. The lowest BCUT2D eigenvalue weighted by molar-refractivity contribution is 0.570. The molecule has 1 aromatic heterocycles. The highest BCUT2D eigenvalue weighted by Gasteiger charge is 2.31. The van der Waals surface area contributed by atoms with E-state index >= 15 is 0 Å². The second kappa shape index (κ2) is 6.90. The highest BCUT2D eigenvalue weighted by Crippen LogP contribution is 2.37. The van der Waals surface area contributed by atoms with Gasteiger partial charge in [0.2, 0.25) is 0 Å². The molecule has 20 heavy (non-hydrogen) atoms. The SMILES string of the molecule is CCNC(C)c1sc(N(CCC(C)C)C2CC2)nc1C. The molecule has 3 nitrogen and oxygen atoms in total. The third-order valence-electron chi connectivity index (χ3n) is 3.91. The zero-order valence-corrected chi connectivity index (χ0v) is 14.4. The van der Waals surface area contributed by atoms with Gasteiger partial charge in [-0.3, -0.25) is 0 Å². The number of hydrogen-bond donors (Lipinski definition) is 1. The highest BCUT2D eigenvalue weighted by atomic mass is 32.1. The van der Waals surface area contributed by atoms with E-state index in [0.717, 1.165) is 25.0 Å². The number of rotatable bonds is 8. The Kier molecular flexibility index (Phi) is 5.44. The maximum absolute atomic E-state index is 4.86. The number of aryl methyl sites for hydroxylation is 1. The maximum Gasteiger partial charge on any atom is 0.186 e. The third-order valence-corrected chi connectivity index (χ3v) is 5.28. The molecule has 1 atom stereocenters. The second-order valence-electron chi connectivity index (χ2n) is 6.33. The quantitative estimate of drug-likeness (QED) is 0.781. The van der Waals surface area contributed by atoms with Crippen LogP contribution in [0.3, 0.4) is 0 Å². The number of anilines is 1. The molecule has 0 spiro atoms. The van der Waals surface area contributed by atoms with Crippen molar-refractivity contribution in [3.8, 4) is 0 Å². The van der Waals surface area contributed by atoms with Crippen LogP contribution in [0.15, 0.2) is 0 Å². The predicted octanol–water partition coefficient (Wildman–Crippen LogP) is 4.14. The van der Waals surface area contributed by atoms with Crippen LogP contribution in [0.1, 0.15) is 63.6 Å². The molecule has 114 valence electrons. The van der Waals surface area contributed by atoms with Crippen molar-refractivity contribution in [3.05, 3.63) is 10.6 Å². The largest absolute Gasteiger partial charge is 0.345 e. The van der Waals surface area contributed by atoms with E-state index in [1.807, 2.05) is 11.3 Å². The fourth-order valence-corrected chi connectivity index (χ4v) is 3.73. The number of hydrogen-bond acceptors (Lipinski definition) is 4. The van der Waals surface area contributed by atoms with Crippen molar-refractivity contribution in [3.63, 3.8) is 0 Å². The van der Waals surface area contributed by atoms with Crippen LogP contribution in [-0.2, 0) is 0 Å². The summed E-state index contributed by atoms with van der Waals surface area (Å²) in [6.07, 6.45) is 3.94. The van der Waals surface area contributed by atoms with E-state index in [1.165, 1.54) is 35.0 Å². The van der Waals surface area contributed by atoms with E-state index in [1.54, 1.807) is 0 Å². The zero-order chi connectivity index (χ0) is 14.7. The maximum atomic E-state index is 4.86. The summed E-state index contributed by atoms with van der Waals surface area (Å²) in [4.78, 5) is 8.81. The molecule has 0 saturated heterocycles. The van der Waals surface area contributed by atoms with Gasteiger partial charge in [0.15, 0.2) is 5.13 Å². The van der Waals surface area contributed by atoms with Crippen molar-refractivity contribution in [2.75, 3.05) is 18.0 Å². The second-order valence-corrected chi connectivity index (χ2v) is 7.34. The molecule has 0 radical (unpaired) electrons. The van der Waals surface area contributed by atoms with Crippen LogP contribution in [0.2, 0.25) is 0 Å². The molecule has 1 fully saturated rings. The molecule has 1 saturated carbocycles. The van der Waals surface area contributed by atoms with Crippen molar-refractivity contribution in [1.82, 2.24) is 10.3 Å². The lowest BCUT2D eigenvalue weighted by Crippen LogP contribution is -2.27. The van der Waals surface area contributed by atoms with Crippen LogP contribution in [0.5, 0.6) is 0 Å². The number of thiazole rings is 1. The molecule has 1 N–H and O–H groups in total.